The molecule has 0 radical (unpaired) electrons. The standard InChI is InChI=1S/C24H33N3O4/c1-24(2,25-15-23(30)18-4-9-22(29)19(14-18)16-28)10-11-26-12-13-27(17-26)20-5-7-21(31-3)8-6-20/h4-9,12-14,23,25,28-30H,10-11,15-17H2,1-3H3. The van der Waals surface area contributed by atoms with E-state index in [9.17, 15) is 15.3 Å². The second-order valence-corrected chi connectivity index (χ2v) is 8.50. The summed E-state index contributed by atoms with van der Waals surface area (Å²) in [5.41, 5.74) is 2.04. The molecule has 168 valence electrons. The van der Waals surface area contributed by atoms with Crippen molar-refractivity contribution in [3.05, 3.63) is 66.0 Å². The number of phenols is 1. The van der Waals surface area contributed by atoms with Crippen molar-refractivity contribution in [2.24, 2.45) is 0 Å². The Labute approximate surface area is 184 Å². The van der Waals surface area contributed by atoms with Crippen LogP contribution in [0.25, 0.3) is 0 Å². The molecule has 0 saturated carbocycles. The summed E-state index contributed by atoms with van der Waals surface area (Å²) in [6.45, 7) is 6.04. The molecule has 1 unspecified atom stereocenters. The van der Waals surface area contributed by atoms with Gasteiger partial charge >= 0.3 is 0 Å². The average Bonchev–Trinajstić information content (AvgIpc) is 3.26. The zero-order chi connectivity index (χ0) is 22.4. The molecule has 0 aliphatic carbocycles. The number of nitrogens with one attached hydrogen (secondary N) is 1. The highest BCUT2D eigenvalue weighted by Gasteiger charge is 2.22. The molecule has 2 aromatic rings. The van der Waals surface area contributed by atoms with E-state index in [1.165, 1.54) is 6.07 Å². The normalized spacial score (nSPS) is 14.9. The highest BCUT2D eigenvalue weighted by atomic mass is 16.5. The summed E-state index contributed by atoms with van der Waals surface area (Å²) >= 11 is 0. The van der Waals surface area contributed by atoms with Crippen LogP contribution in [-0.4, -0.2) is 52.6 Å². The molecule has 0 amide bonds. The topological polar surface area (TPSA) is 88.4 Å². The fraction of sp³-hybridized carbons (Fsp3) is 0.417. The van der Waals surface area contributed by atoms with Gasteiger partial charge in [0.1, 0.15) is 11.5 Å². The monoisotopic (exact) mass is 427 g/mol. The van der Waals surface area contributed by atoms with Crippen LogP contribution in [0.2, 0.25) is 0 Å². The molecule has 0 fully saturated rings. The molecule has 7 nitrogen and oxygen atoms in total. The van der Waals surface area contributed by atoms with E-state index < -0.39 is 6.10 Å². The predicted molar refractivity (Wildman–Crippen MR) is 122 cm³/mol. The molecule has 4 N–H and O–H groups in total. The van der Waals surface area contributed by atoms with Crippen LogP contribution >= 0.6 is 0 Å². The summed E-state index contributed by atoms with van der Waals surface area (Å²) in [5.74, 6) is 0.882. The molecular formula is C24H33N3O4. The third-order valence-corrected chi connectivity index (χ3v) is 5.65. The molecule has 3 rings (SSSR count). The predicted octanol–water partition coefficient (Wildman–Crippen LogP) is 2.94. The van der Waals surface area contributed by atoms with E-state index in [1.54, 1.807) is 19.2 Å². The molecular weight excluding hydrogens is 394 g/mol. The van der Waals surface area contributed by atoms with Gasteiger partial charge in [-0.25, -0.2) is 0 Å². The number of anilines is 1. The third-order valence-electron chi connectivity index (χ3n) is 5.65. The molecule has 1 heterocycles. The van der Waals surface area contributed by atoms with Crippen LogP contribution in [0, 0.1) is 0 Å². The lowest BCUT2D eigenvalue weighted by Crippen LogP contribution is -2.44. The van der Waals surface area contributed by atoms with E-state index in [2.05, 4.69) is 41.4 Å². The summed E-state index contributed by atoms with van der Waals surface area (Å²) in [5, 5.41) is 32.9. The van der Waals surface area contributed by atoms with Gasteiger partial charge in [0.25, 0.3) is 0 Å². The van der Waals surface area contributed by atoms with Gasteiger partial charge in [-0.3, -0.25) is 0 Å². The van der Waals surface area contributed by atoms with Gasteiger partial charge in [0.2, 0.25) is 0 Å². The van der Waals surface area contributed by atoms with Crippen molar-refractivity contribution in [2.45, 2.75) is 38.5 Å². The molecule has 0 bridgehead atoms. The Kier molecular flexibility index (Phi) is 7.43. The minimum absolute atomic E-state index is 0.0362. The summed E-state index contributed by atoms with van der Waals surface area (Å²) in [6.07, 6.45) is 4.36. The molecule has 1 atom stereocenters. The quantitative estimate of drug-likeness (QED) is 0.464. The highest BCUT2D eigenvalue weighted by Crippen LogP contribution is 2.24. The maximum Gasteiger partial charge on any atom is 0.121 e. The SMILES string of the molecule is COc1ccc(N2C=CN(CCC(C)(C)NCC(O)c3ccc(O)c(CO)c3)C2)cc1. The van der Waals surface area contributed by atoms with Crippen molar-refractivity contribution in [1.82, 2.24) is 10.2 Å². The Morgan fingerprint density at radius 2 is 1.87 bits per heavy atom. The molecule has 1 aliphatic heterocycles. The van der Waals surface area contributed by atoms with E-state index in [-0.39, 0.29) is 17.9 Å². The van der Waals surface area contributed by atoms with Gasteiger partial charge in [0, 0.05) is 42.3 Å². The Hall–Kier alpha value is -2.74. The number of methoxy groups -OCH3 is 1. The van der Waals surface area contributed by atoms with Crippen LogP contribution in [0.15, 0.2) is 54.9 Å². The lowest BCUT2D eigenvalue weighted by Gasteiger charge is -2.30. The molecule has 31 heavy (non-hydrogen) atoms. The molecule has 0 saturated heterocycles. The number of hydrogen-bond donors (Lipinski definition) is 4. The first-order valence-corrected chi connectivity index (χ1v) is 10.5. The van der Waals surface area contributed by atoms with Crippen LogP contribution in [-0.2, 0) is 6.61 Å². The number of ether oxygens (including phenoxy) is 1. The fourth-order valence-electron chi connectivity index (χ4n) is 3.49. The van der Waals surface area contributed by atoms with Crippen molar-refractivity contribution in [3.63, 3.8) is 0 Å². The number of aliphatic hydroxyl groups excluding tert-OH is 2. The second kappa shape index (κ2) is 10.0. The molecule has 1 aliphatic rings. The Morgan fingerprint density at radius 1 is 1.13 bits per heavy atom. The van der Waals surface area contributed by atoms with Gasteiger partial charge in [-0.2, -0.15) is 0 Å². The number of aromatic hydroxyl groups is 1. The van der Waals surface area contributed by atoms with Crippen molar-refractivity contribution >= 4 is 5.69 Å². The van der Waals surface area contributed by atoms with Crippen molar-refractivity contribution in [1.29, 1.82) is 0 Å². The fourth-order valence-corrected chi connectivity index (χ4v) is 3.49. The zero-order valence-corrected chi connectivity index (χ0v) is 18.5. The second-order valence-electron chi connectivity index (χ2n) is 8.50. The Bertz CT molecular complexity index is 883. The minimum Gasteiger partial charge on any atom is -0.508 e. The zero-order valence-electron chi connectivity index (χ0n) is 18.5. The first-order valence-electron chi connectivity index (χ1n) is 10.5. The highest BCUT2D eigenvalue weighted by molar-refractivity contribution is 5.52. The molecule has 7 heteroatoms. The summed E-state index contributed by atoms with van der Waals surface area (Å²) in [6, 6.07) is 12.8. The van der Waals surface area contributed by atoms with E-state index in [1.807, 2.05) is 24.3 Å². The van der Waals surface area contributed by atoms with Crippen molar-refractivity contribution in [3.8, 4) is 11.5 Å². The van der Waals surface area contributed by atoms with Crippen LogP contribution in [0.4, 0.5) is 5.69 Å². The Morgan fingerprint density at radius 3 is 2.55 bits per heavy atom. The number of nitrogens with zero attached hydrogens (tertiary/aromatic N) is 2. The van der Waals surface area contributed by atoms with E-state index >= 15 is 0 Å². The summed E-state index contributed by atoms with van der Waals surface area (Å²) < 4.78 is 5.22. The third kappa shape index (κ3) is 6.13. The molecule has 0 aromatic heterocycles. The number of β-amino-alcohol motifs (C(OH)–C–C–N with tert-alkyl or cyclic N) is 1. The van der Waals surface area contributed by atoms with Crippen LogP contribution < -0.4 is 15.0 Å². The van der Waals surface area contributed by atoms with Crippen molar-refractivity contribution < 1.29 is 20.1 Å². The first kappa shape index (κ1) is 22.9. The number of rotatable bonds is 10. The van der Waals surface area contributed by atoms with E-state index in [4.69, 9.17) is 4.74 Å². The smallest absolute Gasteiger partial charge is 0.121 e. The van der Waals surface area contributed by atoms with Gasteiger partial charge in [0.15, 0.2) is 0 Å². The number of benzene rings is 2. The number of aliphatic hydroxyl groups is 2. The van der Waals surface area contributed by atoms with Gasteiger partial charge in [0.05, 0.1) is 26.5 Å². The average molecular weight is 428 g/mol. The molecule has 2 aromatic carbocycles. The maximum atomic E-state index is 10.5. The van der Waals surface area contributed by atoms with Gasteiger partial charge in [-0.05, 0) is 62.2 Å². The summed E-state index contributed by atoms with van der Waals surface area (Å²) in [7, 11) is 1.67. The largest absolute Gasteiger partial charge is 0.508 e. The van der Waals surface area contributed by atoms with Crippen LogP contribution in [0.3, 0.4) is 0 Å². The molecule has 0 spiro atoms. The van der Waals surface area contributed by atoms with E-state index in [0.717, 1.165) is 31.1 Å². The van der Waals surface area contributed by atoms with Crippen molar-refractivity contribution in [2.75, 3.05) is 31.8 Å². The van der Waals surface area contributed by atoms with Crippen LogP contribution in [0.5, 0.6) is 11.5 Å². The van der Waals surface area contributed by atoms with Crippen LogP contribution in [0.1, 0.15) is 37.5 Å². The lowest BCUT2D eigenvalue weighted by atomic mass is 9.99. The van der Waals surface area contributed by atoms with Gasteiger partial charge < -0.3 is 35.2 Å². The number of hydrogen-bond acceptors (Lipinski definition) is 7. The van der Waals surface area contributed by atoms with Gasteiger partial charge in [-0.15, -0.1) is 0 Å². The van der Waals surface area contributed by atoms with E-state index in [0.29, 0.717) is 17.7 Å². The lowest BCUT2D eigenvalue weighted by molar-refractivity contribution is 0.156. The summed E-state index contributed by atoms with van der Waals surface area (Å²) in [4.78, 5) is 4.45. The maximum absolute atomic E-state index is 10.5. The van der Waals surface area contributed by atoms with Gasteiger partial charge in [-0.1, -0.05) is 6.07 Å². The Balaban J connectivity index is 1.46. The first-order chi connectivity index (χ1) is 14.8. The minimum atomic E-state index is -0.720.